The zero-order valence-electron chi connectivity index (χ0n) is 17.6. The highest BCUT2D eigenvalue weighted by molar-refractivity contribution is 5.93. The molecule has 1 aliphatic heterocycles. The molecule has 1 aliphatic rings. The summed E-state index contributed by atoms with van der Waals surface area (Å²) in [6.45, 7) is 5.34. The first-order valence-corrected chi connectivity index (χ1v) is 10.1. The zero-order chi connectivity index (χ0) is 20.8. The molecule has 0 unspecified atom stereocenters. The van der Waals surface area contributed by atoms with E-state index in [-0.39, 0.29) is 6.04 Å². The Morgan fingerprint density at radius 2 is 2.03 bits per heavy atom. The summed E-state index contributed by atoms with van der Waals surface area (Å²) in [5.41, 5.74) is 7.16. The maximum atomic E-state index is 6.16. The molecule has 0 aliphatic carbocycles. The Balaban J connectivity index is 1.68. The molecule has 2 bridgehead atoms. The number of hydrogen-bond donors (Lipinski definition) is 2. The van der Waals surface area contributed by atoms with Crippen LogP contribution in [0.15, 0.2) is 24.4 Å². The fraction of sp³-hybridized carbons (Fsp3) is 0.318. The lowest BCUT2D eigenvalue weighted by Crippen LogP contribution is -2.32. The molecule has 154 valence electrons. The van der Waals surface area contributed by atoms with Crippen LogP contribution in [-0.2, 0) is 20.6 Å². The molecule has 0 radical (unpaired) electrons. The standard InChI is InChI=1S/C22H25N7O/c1-13-12-30-22-16(14(2)27-29(22)4)6-8-20-17-9-15(5-7-19(17)25-26-20)18-10-24-28(3)21(18)11-23-13/h5-10,13,23H,11-12H2,1-4H3,(H,25,26)/b8-6+/t13-/m0/s1. The van der Waals surface area contributed by atoms with Gasteiger partial charge in [0.2, 0.25) is 5.88 Å². The van der Waals surface area contributed by atoms with Gasteiger partial charge in [0.05, 0.1) is 34.4 Å². The number of nitrogens with one attached hydrogen (secondary N) is 2. The molecule has 0 amide bonds. The maximum Gasteiger partial charge on any atom is 0.219 e. The van der Waals surface area contributed by atoms with Crippen molar-refractivity contribution in [3.8, 4) is 17.0 Å². The smallest absolute Gasteiger partial charge is 0.219 e. The monoisotopic (exact) mass is 403 g/mol. The summed E-state index contributed by atoms with van der Waals surface area (Å²) in [5, 5.41) is 21.3. The van der Waals surface area contributed by atoms with Crippen molar-refractivity contribution in [2.75, 3.05) is 6.61 Å². The summed E-state index contributed by atoms with van der Waals surface area (Å²) in [5.74, 6) is 0.758. The molecular formula is C22H25N7O. The molecule has 8 nitrogen and oxygen atoms in total. The number of aromatic amines is 1. The molecule has 0 saturated carbocycles. The van der Waals surface area contributed by atoms with E-state index in [0.717, 1.165) is 50.6 Å². The van der Waals surface area contributed by atoms with E-state index in [1.807, 2.05) is 44.0 Å². The van der Waals surface area contributed by atoms with Gasteiger partial charge in [-0.3, -0.25) is 9.78 Å². The van der Waals surface area contributed by atoms with Crippen molar-refractivity contribution in [1.82, 2.24) is 35.1 Å². The molecule has 0 fully saturated rings. The minimum absolute atomic E-state index is 0.156. The first-order chi connectivity index (χ1) is 14.5. The zero-order valence-corrected chi connectivity index (χ0v) is 17.6. The van der Waals surface area contributed by atoms with Crippen molar-refractivity contribution >= 4 is 23.1 Å². The summed E-state index contributed by atoms with van der Waals surface area (Å²) >= 11 is 0. The lowest BCUT2D eigenvalue weighted by Gasteiger charge is -2.16. The van der Waals surface area contributed by atoms with Crippen LogP contribution < -0.4 is 10.1 Å². The van der Waals surface area contributed by atoms with Crippen LogP contribution in [0, 0.1) is 6.92 Å². The summed E-state index contributed by atoms with van der Waals surface area (Å²) < 4.78 is 9.88. The number of ether oxygens (including phenoxy) is 1. The van der Waals surface area contributed by atoms with Gasteiger partial charge < -0.3 is 10.1 Å². The van der Waals surface area contributed by atoms with Gasteiger partial charge in [-0.1, -0.05) is 6.07 Å². The number of rotatable bonds is 0. The van der Waals surface area contributed by atoms with Gasteiger partial charge in [0.15, 0.2) is 0 Å². The Morgan fingerprint density at radius 1 is 1.17 bits per heavy atom. The number of benzene rings is 1. The Morgan fingerprint density at radius 3 is 2.90 bits per heavy atom. The predicted octanol–water partition coefficient (Wildman–Crippen LogP) is 3.05. The average Bonchev–Trinajstić information content (AvgIpc) is 3.37. The van der Waals surface area contributed by atoms with Crippen LogP contribution in [0.5, 0.6) is 5.88 Å². The van der Waals surface area contributed by atoms with Gasteiger partial charge >= 0.3 is 0 Å². The Hall–Kier alpha value is -3.39. The summed E-state index contributed by atoms with van der Waals surface area (Å²) in [7, 11) is 3.88. The van der Waals surface area contributed by atoms with Gasteiger partial charge in [0.25, 0.3) is 0 Å². The molecule has 1 aromatic carbocycles. The van der Waals surface area contributed by atoms with Crippen LogP contribution in [-0.4, -0.2) is 42.4 Å². The van der Waals surface area contributed by atoms with E-state index in [2.05, 4.69) is 50.8 Å². The molecule has 30 heavy (non-hydrogen) atoms. The molecule has 4 heterocycles. The topological polar surface area (TPSA) is 85.6 Å². The minimum atomic E-state index is 0.156. The number of aromatic nitrogens is 6. The van der Waals surface area contributed by atoms with Crippen LogP contribution in [0.2, 0.25) is 0 Å². The van der Waals surface area contributed by atoms with Crippen molar-refractivity contribution in [3.05, 3.63) is 47.0 Å². The maximum absolute atomic E-state index is 6.16. The number of hydrogen-bond acceptors (Lipinski definition) is 5. The van der Waals surface area contributed by atoms with Crippen molar-refractivity contribution in [3.63, 3.8) is 0 Å². The molecule has 8 heteroatoms. The lowest BCUT2D eigenvalue weighted by molar-refractivity contribution is 0.251. The molecule has 5 rings (SSSR count). The third-order valence-corrected chi connectivity index (χ3v) is 5.67. The Bertz CT molecular complexity index is 1260. The first kappa shape index (κ1) is 18.6. The molecule has 0 saturated heterocycles. The summed E-state index contributed by atoms with van der Waals surface area (Å²) in [6.07, 6.45) is 5.98. The van der Waals surface area contributed by atoms with Crippen molar-refractivity contribution < 1.29 is 4.74 Å². The van der Waals surface area contributed by atoms with E-state index in [0.29, 0.717) is 13.2 Å². The number of nitrogens with zero attached hydrogens (tertiary/aromatic N) is 5. The fourth-order valence-corrected chi connectivity index (χ4v) is 3.96. The molecule has 3 aromatic heterocycles. The van der Waals surface area contributed by atoms with Crippen molar-refractivity contribution in [1.29, 1.82) is 0 Å². The second kappa shape index (κ2) is 7.14. The molecule has 4 aromatic rings. The Kier molecular flexibility index (Phi) is 4.43. The Labute approximate surface area is 174 Å². The van der Waals surface area contributed by atoms with E-state index in [1.54, 1.807) is 4.68 Å². The average molecular weight is 403 g/mol. The summed E-state index contributed by atoms with van der Waals surface area (Å²) in [6, 6.07) is 6.52. The van der Waals surface area contributed by atoms with Gasteiger partial charge in [-0.2, -0.15) is 15.3 Å². The van der Waals surface area contributed by atoms with E-state index in [9.17, 15) is 0 Å². The number of fused-ring (bicyclic) bond motifs is 4. The van der Waals surface area contributed by atoms with Crippen LogP contribution in [0.25, 0.3) is 34.2 Å². The quantitative estimate of drug-likeness (QED) is 0.471. The van der Waals surface area contributed by atoms with Gasteiger partial charge in [0.1, 0.15) is 6.61 Å². The molecule has 1 atom stereocenters. The van der Waals surface area contributed by atoms with E-state index >= 15 is 0 Å². The summed E-state index contributed by atoms with van der Waals surface area (Å²) in [4.78, 5) is 0. The minimum Gasteiger partial charge on any atom is -0.476 e. The number of H-pyrrole nitrogens is 1. The van der Waals surface area contributed by atoms with Crippen LogP contribution in [0.4, 0.5) is 0 Å². The van der Waals surface area contributed by atoms with E-state index in [1.165, 1.54) is 0 Å². The van der Waals surface area contributed by atoms with Gasteiger partial charge in [-0.25, -0.2) is 4.68 Å². The third kappa shape index (κ3) is 3.09. The van der Waals surface area contributed by atoms with Gasteiger partial charge in [0, 0.05) is 37.6 Å². The van der Waals surface area contributed by atoms with Crippen LogP contribution >= 0.6 is 0 Å². The molecular weight excluding hydrogens is 378 g/mol. The van der Waals surface area contributed by atoms with Crippen molar-refractivity contribution in [2.45, 2.75) is 26.4 Å². The third-order valence-electron chi connectivity index (χ3n) is 5.67. The van der Waals surface area contributed by atoms with E-state index in [4.69, 9.17) is 4.74 Å². The van der Waals surface area contributed by atoms with Crippen LogP contribution in [0.3, 0.4) is 0 Å². The second-order valence-electron chi connectivity index (χ2n) is 7.85. The fourth-order valence-electron chi connectivity index (χ4n) is 3.96. The first-order valence-electron chi connectivity index (χ1n) is 10.1. The van der Waals surface area contributed by atoms with Gasteiger partial charge in [-0.05, 0) is 43.7 Å². The largest absolute Gasteiger partial charge is 0.476 e. The number of aryl methyl sites for hydroxylation is 3. The van der Waals surface area contributed by atoms with Crippen LogP contribution in [0.1, 0.15) is 29.6 Å². The molecule has 0 spiro atoms. The predicted molar refractivity (Wildman–Crippen MR) is 117 cm³/mol. The second-order valence-corrected chi connectivity index (χ2v) is 7.85. The van der Waals surface area contributed by atoms with E-state index < -0.39 is 0 Å². The van der Waals surface area contributed by atoms with Crippen molar-refractivity contribution in [2.24, 2.45) is 14.1 Å². The highest BCUT2D eigenvalue weighted by atomic mass is 16.5. The SMILES string of the molecule is Cc1nn(C)c2c1/C=C/c1n[nH]c3ccc(cc13)-c1cnn(C)c1CN[C@@H](C)CO2. The lowest BCUT2D eigenvalue weighted by atomic mass is 10.0. The molecule has 2 N–H and O–H groups in total. The highest BCUT2D eigenvalue weighted by Crippen LogP contribution is 2.30. The normalized spacial score (nSPS) is 17.8. The van der Waals surface area contributed by atoms with Gasteiger partial charge in [-0.15, -0.1) is 0 Å². The highest BCUT2D eigenvalue weighted by Gasteiger charge is 2.17.